The first-order valence-electron chi connectivity index (χ1n) is 10.7. The minimum atomic E-state index is -3.69. The number of methoxy groups -OCH3 is 1. The van der Waals surface area contributed by atoms with Gasteiger partial charge in [0.15, 0.2) is 0 Å². The van der Waals surface area contributed by atoms with Gasteiger partial charge in [-0.2, -0.15) is 4.31 Å². The number of hydrogen-bond donors (Lipinski definition) is 1. The van der Waals surface area contributed by atoms with Crippen LogP contribution in [0.3, 0.4) is 0 Å². The van der Waals surface area contributed by atoms with Gasteiger partial charge in [-0.05, 0) is 67.9 Å². The van der Waals surface area contributed by atoms with Gasteiger partial charge in [0.05, 0.1) is 24.7 Å². The van der Waals surface area contributed by atoms with Crippen LogP contribution in [0.25, 0.3) is 0 Å². The molecule has 0 heterocycles. The van der Waals surface area contributed by atoms with Crippen LogP contribution in [0.5, 0.6) is 5.75 Å². The summed E-state index contributed by atoms with van der Waals surface area (Å²) in [6, 6.07) is 14.4. The third-order valence-electron chi connectivity index (χ3n) is 6.60. The van der Waals surface area contributed by atoms with E-state index in [9.17, 15) is 13.5 Å². The SMILES string of the molecule is COc1cccc(C#CCN(C[C@]23CCC[C@@H](O)[C@H]2C3)S(=O)(=O)c2ccc(C)cc2)c1. The summed E-state index contributed by atoms with van der Waals surface area (Å²) in [6.45, 7) is 2.45. The number of ether oxygens (including phenoxy) is 1. The zero-order chi connectivity index (χ0) is 22.1. The summed E-state index contributed by atoms with van der Waals surface area (Å²) in [5.74, 6) is 7.04. The molecular formula is C25H29NO4S. The molecule has 3 atom stereocenters. The van der Waals surface area contributed by atoms with Crippen LogP contribution in [-0.2, 0) is 10.0 Å². The Bertz CT molecular complexity index is 1100. The van der Waals surface area contributed by atoms with Gasteiger partial charge in [0.2, 0.25) is 10.0 Å². The minimum absolute atomic E-state index is 0.109. The normalized spacial score (nSPS) is 24.8. The number of rotatable bonds is 6. The molecule has 0 saturated heterocycles. The quantitative estimate of drug-likeness (QED) is 0.699. The highest BCUT2D eigenvalue weighted by Gasteiger charge is 2.59. The molecule has 0 aromatic heterocycles. The Morgan fingerprint density at radius 3 is 2.74 bits per heavy atom. The van der Waals surface area contributed by atoms with Crippen LogP contribution in [-0.4, -0.2) is 44.1 Å². The lowest BCUT2D eigenvalue weighted by atomic mass is 9.86. The molecule has 2 saturated carbocycles. The predicted octanol–water partition coefficient (Wildman–Crippen LogP) is 3.60. The van der Waals surface area contributed by atoms with Crippen molar-refractivity contribution in [1.29, 1.82) is 0 Å². The standard InChI is InChI=1S/C25H29NO4S/c1-19-10-12-22(13-11-19)31(28,29)26(18-25-14-4-9-24(27)23(25)17-25)15-5-7-20-6-3-8-21(16-20)30-2/h3,6,8,10-13,16,23-24,27H,4,9,14-15,17-18H2,1-2H3/t23-,24-,25-/m1/s1. The molecule has 0 radical (unpaired) electrons. The summed E-state index contributed by atoms with van der Waals surface area (Å²) in [5, 5.41) is 10.3. The molecule has 2 aromatic rings. The van der Waals surface area contributed by atoms with Crippen molar-refractivity contribution in [2.24, 2.45) is 11.3 Å². The third kappa shape index (κ3) is 4.64. The predicted molar refractivity (Wildman–Crippen MR) is 120 cm³/mol. The van der Waals surface area contributed by atoms with Crippen LogP contribution >= 0.6 is 0 Å². The van der Waals surface area contributed by atoms with Crippen molar-refractivity contribution in [3.63, 3.8) is 0 Å². The van der Waals surface area contributed by atoms with E-state index in [1.807, 2.05) is 43.3 Å². The van der Waals surface area contributed by atoms with E-state index in [2.05, 4.69) is 11.8 Å². The maximum Gasteiger partial charge on any atom is 0.243 e. The number of hydrogen-bond acceptors (Lipinski definition) is 4. The molecule has 4 rings (SSSR count). The molecule has 31 heavy (non-hydrogen) atoms. The first-order valence-corrected chi connectivity index (χ1v) is 12.2. The van der Waals surface area contributed by atoms with Crippen molar-refractivity contribution in [1.82, 2.24) is 4.31 Å². The lowest BCUT2D eigenvalue weighted by Crippen LogP contribution is -2.39. The summed E-state index contributed by atoms with van der Waals surface area (Å²) >= 11 is 0. The summed E-state index contributed by atoms with van der Waals surface area (Å²) in [7, 11) is -2.09. The summed E-state index contributed by atoms with van der Waals surface area (Å²) < 4.78 is 33.7. The average molecular weight is 440 g/mol. The van der Waals surface area contributed by atoms with Gasteiger partial charge in [-0.15, -0.1) is 0 Å². The van der Waals surface area contributed by atoms with Crippen molar-refractivity contribution in [3.8, 4) is 17.6 Å². The van der Waals surface area contributed by atoms with Crippen LogP contribution in [0, 0.1) is 30.1 Å². The van der Waals surface area contributed by atoms with Gasteiger partial charge >= 0.3 is 0 Å². The summed E-state index contributed by atoms with van der Waals surface area (Å²) in [4.78, 5) is 0.284. The Morgan fingerprint density at radius 1 is 1.23 bits per heavy atom. The number of nitrogens with zero attached hydrogens (tertiary/aromatic N) is 1. The van der Waals surface area contributed by atoms with Gasteiger partial charge in [-0.25, -0.2) is 8.42 Å². The molecule has 2 aliphatic rings. The van der Waals surface area contributed by atoms with Gasteiger partial charge in [-0.1, -0.05) is 42.0 Å². The van der Waals surface area contributed by atoms with E-state index >= 15 is 0 Å². The Balaban J connectivity index is 1.60. The first-order chi connectivity index (χ1) is 14.8. The number of aliphatic hydroxyl groups is 1. The van der Waals surface area contributed by atoms with Crippen LogP contribution in [0.15, 0.2) is 53.4 Å². The molecule has 5 nitrogen and oxygen atoms in total. The molecule has 0 bridgehead atoms. The molecular weight excluding hydrogens is 410 g/mol. The zero-order valence-corrected chi connectivity index (χ0v) is 18.9. The molecule has 0 aliphatic heterocycles. The molecule has 0 amide bonds. The van der Waals surface area contributed by atoms with Crippen LogP contribution in [0.2, 0.25) is 0 Å². The number of aryl methyl sites for hydroxylation is 1. The molecule has 0 unspecified atom stereocenters. The number of benzene rings is 2. The molecule has 0 spiro atoms. The third-order valence-corrected chi connectivity index (χ3v) is 8.41. The van der Waals surface area contributed by atoms with Crippen LogP contribution in [0.1, 0.15) is 36.8 Å². The van der Waals surface area contributed by atoms with Gasteiger partial charge in [0.1, 0.15) is 5.75 Å². The smallest absolute Gasteiger partial charge is 0.243 e. The topological polar surface area (TPSA) is 66.8 Å². The zero-order valence-electron chi connectivity index (χ0n) is 18.0. The van der Waals surface area contributed by atoms with E-state index in [1.165, 1.54) is 4.31 Å². The van der Waals surface area contributed by atoms with Crippen LogP contribution in [0.4, 0.5) is 0 Å². The van der Waals surface area contributed by atoms with Gasteiger partial charge in [-0.3, -0.25) is 0 Å². The fourth-order valence-corrected chi connectivity index (χ4v) is 6.14. The van der Waals surface area contributed by atoms with E-state index in [0.717, 1.165) is 36.8 Å². The van der Waals surface area contributed by atoms with Crippen molar-refractivity contribution in [2.75, 3.05) is 20.2 Å². The molecule has 2 aromatic carbocycles. The highest BCUT2D eigenvalue weighted by Crippen LogP contribution is 2.61. The number of fused-ring (bicyclic) bond motifs is 1. The van der Waals surface area contributed by atoms with E-state index in [-0.39, 0.29) is 28.9 Å². The Morgan fingerprint density at radius 2 is 2.00 bits per heavy atom. The largest absolute Gasteiger partial charge is 0.497 e. The van der Waals surface area contributed by atoms with Gasteiger partial charge in [0, 0.05) is 12.1 Å². The lowest BCUT2D eigenvalue weighted by molar-refractivity contribution is 0.0874. The average Bonchev–Trinajstić information content (AvgIpc) is 3.49. The van der Waals surface area contributed by atoms with Crippen molar-refractivity contribution in [3.05, 3.63) is 59.7 Å². The molecule has 164 valence electrons. The minimum Gasteiger partial charge on any atom is -0.497 e. The highest BCUT2D eigenvalue weighted by atomic mass is 32.2. The molecule has 6 heteroatoms. The molecule has 2 aliphatic carbocycles. The van der Waals surface area contributed by atoms with E-state index < -0.39 is 10.0 Å². The maximum atomic E-state index is 13.5. The highest BCUT2D eigenvalue weighted by molar-refractivity contribution is 7.89. The maximum absolute atomic E-state index is 13.5. The fourth-order valence-electron chi connectivity index (χ4n) is 4.70. The Kier molecular flexibility index (Phi) is 6.11. The first kappa shape index (κ1) is 21.9. The fraction of sp³-hybridized carbons (Fsp3) is 0.440. The Labute approximate surface area is 185 Å². The number of sulfonamides is 1. The van der Waals surface area contributed by atoms with Gasteiger partial charge < -0.3 is 9.84 Å². The Hall–Kier alpha value is -2.33. The number of aliphatic hydroxyl groups excluding tert-OH is 1. The van der Waals surface area contributed by atoms with Crippen molar-refractivity contribution in [2.45, 2.75) is 43.6 Å². The van der Waals surface area contributed by atoms with Gasteiger partial charge in [0.25, 0.3) is 0 Å². The summed E-state index contributed by atoms with van der Waals surface area (Å²) in [5.41, 5.74) is 1.68. The van der Waals surface area contributed by atoms with E-state index in [4.69, 9.17) is 4.74 Å². The second-order valence-corrected chi connectivity index (χ2v) is 10.7. The summed E-state index contributed by atoms with van der Waals surface area (Å²) in [6.07, 6.45) is 3.27. The molecule has 2 fully saturated rings. The van der Waals surface area contributed by atoms with E-state index in [0.29, 0.717) is 12.3 Å². The monoisotopic (exact) mass is 439 g/mol. The van der Waals surface area contributed by atoms with Crippen LogP contribution < -0.4 is 4.74 Å². The lowest BCUT2D eigenvalue weighted by Gasteiger charge is -2.30. The van der Waals surface area contributed by atoms with E-state index in [1.54, 1.807) is 19.2 Å². The second kappa shape index (κ2) is 8.66. The second-order valence-electron chi connectivity index (χ2n) is 8.75. The van der Waals surface area contributed by atoms with Crippen molar-refractivity contribution >= 4 is 10.0 Å². The van der Waals surface area contributed by atoms with Crippen molar-refractivity contribution < 1.29 is 18.3 Å². The molecule has 1 N–H and O–H groups in total.